The SMILES string of the molecule is CC/C=C/C=C/CCCCCCC/C=C/CCCCC. The van der Waals surface area contributed by atoms with Crippen LogP contribution in [-0.4, -0.2) is 0 Å². The first-order valence-electron chi connectivity index (χ1n) is 8.88. The van der Waals surface area contributed by atoms with Crippen molar-refractivity contribution in [3.8, 4) is 0 Å². The molecule has 0 aromatic carbocycles. The second kappa shape index (κ2) is 18.2. The first-order chi connectivity index (χ1) is 9.91. The lowest BCUT2D eigenvalue weighted by atomic mass is 10.1. The lowest BCUT2D eigenvalue weighted by Crippen LogP contribution is -1.78. The van der Waals surface area contributed by atoms with Crippen LogP contribution in [0.5, 0.6) is 0 Å². The average molecular weight is 277 g/mol. The molecule has 0 aliphatic rings. The summed E-state index contributed by atoms with van der Waals surface area (Å²) in [6.45, 7) is 4.44. The molecule has 0 radical (unpaired) electrons. The highest BCUT2D eigenvalue weighted by atomic mass is 13.9. The van der Waals surface area contributed by atoms with Gasteiger partial charge in [-0.25, -0.2) is 0 Å². The van der Waals surface area contributed by atoms with Crippen LogP contribution >= 0.6 is 0 Å². The molecule has 20 heavy (non-hydrogen) atoms. The van der Waals surface area contributed by atoms with Crippen LogP contribution in [0.1, 0.15) is 90.9 Å². The van der Waals surface area contributed by atoms with Crippen LogP contribution in [-0.2, 0) is 0 Å². The van der Waals surface area contributed by atoms with Crippen molar-refractivity contribution in [1.82, 2.24) is 0 Å². The molecule has 0 rings (SSSR count). The van der Waals surface area contributed by atoms with Gasteiger partial charge in [0.05, 0.1) is 0 Å². The topological polar surface area (TPSA) is 0 Å². The molecule has 0 unspecified atom stereocenters. The molecule has 0 fully saturated rings. The number of hydrogen-bond donors (Lipinski definition) is 0. The van der Waals surface area contributed by atoms with Crippen molar-refractivity contribution in [2.45, 2.75) is 90.9 Å². The number of rotatable bonds is 14. The molecular weight excluding hydrogens is 240 g/mol. The summed E-state index contributed by atoms with van der Waals surface area (Å²) in [6, 6.07) is 0. The van der Waals surface area contributed by atoms with E-state index >= 15 is 0 Å². The molecule has 116 valence electrons. The summed E-state index contributed by atoms with van der Waals surface area (Å²) in [5.74, 6) is 0. The zero-order chi connectivity index (χ0) is 14.7. The van der Waals surface area contributed by atoms with Crippen LogP contribution in [0, 0.1) is 0 Å². The summed E-state index contributed by atoms with van der Waals surface area (Å²) >= 11 is 0. The molecule has 0 atom stereocenters. The third-order valence-corrected chi connectivity index (χ3v) is 3.50. The number of hydrogen-bond acceptors (Lipinski definition) is 0. The first-order valence-corrected chi connectivity index (χ1v) is 8.88. The summed E-state index contributed by atoms with van der Waals surface area (Å²) < 4.78 is 0. The van der Waals surface area contributed by atoms with Crippen molar-refractivity contribution in [2.24, 2.45) is 0 Å². The van der Waals surface area contributed by atoms with E-state index in [4.69, 9.17) is 0 Å². The van der Waals surface area contributed by atoms with Gasteiger partial charge in [0.15, 0.2) is 0 Å². The van der Waals surface area contributed by atoms with Crippen molar-refractivity contribution >= 4 is 0 Å². The Bertz CT molecular complexity index is 245. The molecule has 0 N–H and O–H groups in total. The van der Waals surface area contributed by atoms with E-state index in [0.29, 0.717) is 0 Å². The molecule has 0 aliphatic carbocycles. The van der Waals surface area contributed by atoms with Gasteiger partial charge >= 0.3 is 0 Å². The van der Waals surface area contributed by atoms with Crippen LogP contribution in [0.15, 0.2) is 36.5 Å². The molecular formula is C20H36. The molecule has 0 aliphatic heterocycles. The first kappa shape index (κ1) is 19.2. The van der Waals surface area contributed by atoms with Crippen LogP contribution in [0.25, 0.3) is 0 Å². The summed E-state index contributed by atoms with van der Waals surface area (Å²) in [4.78, 5) is 0. The molecule has 0 aromatic heterocycles. The van der Waals surface area contributed by atoms with Crippen molar-refractivity contribution in [3.05, 3.63) is 36.5 Å². The molecule has 0 heterocycles. The normalized spacial score (nSPS) is 12.3. The molecule has 0 saturated carbocycles. The Morgan fingerprint density at radius 1 is 0.500 bits per heavy atom. The number of allylic oxidation sites excluding steroid dienone is 6. The predicted octanol–water partition coefficient (Wildman–Crippen LogP) is 7.38. The molecule has 0 spiro atoms. The molecule has 0 heteroatoms. The fourth-order valence-electron chi connectivity index (χ4n) is 2.19. The van der Waals surface area contributed by atoms with E-state index in [0.717, 1.165) is 6.42 Å². The van der Waals surface area contributed by atoms with E-state index in [1.54, 1.807) is 0 Å². The van der Waals surface area contributed by atoms with E-state index in [2.05, 4.69) is 50.3 Å². The summed E-state index contributed by atoms with van der Waals surface area (Å²) in [7, 11) is 0. The molecule has 0 saturated heterocycles. The Kier molecular flexibility index (Phi) is 17.5. The minimum Gasteiger partial charge on any atom is -0.0885 e. The smallest absolute Gasteiger partial charge is 0.0348 e. The zero-order valence-corrected chi connectivity index (χ0v) is 13.9. The lowest BCUT2D eigenvalue weighted by Gasteiger charge is -1.98. The monoisotopic (exact) mass is 276 g/mol. The minimum atomic E-state index is 1.14. The Morgan fingerprint density at radius 2 is 1.00 bits per heavy atom. The fourth-order valence-corrected chi connectivity index (χ4v) is 2.19. The third kappa shape index (κ3) is 17.2. The van der Waals surface area contributed by atoms with Gasteiger partial charge in [-0.05, 0) is 44.9 Å². The standard InChI is InChI=1S/C20H36/c1-3-5-7-9-11-13-15-17-19-20-18-16-14-12-10-8-6-4-2/h5,7,9,11-12,14H,3-4,6,8,10,13,15-20H2,1-2H3/b7-5+,11-9+,14-12+. The minimum absolute atomic E-state index is 1.14. The Morgan fingerprint density at radius 3 is 1.60 bits per heavy atom. The summed E-state index contributed by atoms with van der Waals surface area (Å²) in [6.07, 6.45) is 29.6. The highest BCUT2D eigenvalue weighted by Gasteiger charge is 1.89. The van der Waals surface area contributed by atoms with Crippen molar-refractivity contribution in [1.29, 1.82) is 0 Å². The lowest BCUT2D eigenvalue weighted by molar-refractivity contribution is 0.621. The second-order valence-electron chi connectivity index (χ2n) is 5.58. The predicted molar refractivity (Wildman–Crippen MR) is 94.2 cm³/mol. The average Bonchev–Trinajstić information content (AvgIpc) is 2.47. The quantitative estimate of drug-likeness (QED) is 0.176. The summed E-state index contributed by atoms with van der Waals surface area (Å²) in [5, 5.41) is 0. The van der Waals surface area contributed by atoms with Gasteiger partial charge in [-0.3, -0.25) is 0 Å². The molecule has 0 bridgehead atoms. The van der Waals surface area contributed by atoms with Crippen LogP contribution < -0.4 is 0 Å². The highest BCUT2D eigenvalue weighted by Crippen LogP contribution is 2.08. The Hall–Kier alpha value is -0.780. The van der Waals surface area contributed by atoms with E-state index in [1.807, 2.05) is 0 Å². The van der Waals surface area contributed by atoms with Gasteiger partial charge in [0.2, 0.25) is 0 Å². The van der Waals surface area contributed by atoms with Gasteiger partial charge in [-0.15, -0.1) is 0 Å². The van der Waals surface area contributed by atoms with Crippen LogP contribution in [0.4, 0.5) is 0 Å². The van der Waals surface area contributed by atoms with Gasteiger partial charge in [0.1, 0.15) is 0 Å². The van der Waals surface area contributed by atoms with E-state index < -0.39 is 0 Å². The molecule has 0 aromatic rings. The van der Waals surface area contributed by atoms with E-state index in [-0.39, 0.29) is 0 Å². The van der Waals surface area contributed by atoms with Gasteiger partial charge in [-0.1, -0.05) is 82.4 Å². The molecule has 0 amide bonds. The zero-order valence-electron chi connectivity index (χ0n) is 13.9. The van der Waals surface area contributed by atoms with Crippen molar-refractivity contribution in [2.75, 3.05) is 0 Å². The Labute approximate surface area is 128 Å². The second-order valence-corrected chi connectivity index (χ2v) is 5.58. The van der Waals surface area contributed by atoms with Crippen LogP contribution in [0.2, 0.25) is 0 Å². The van der Waals surface area contributed by atoms with Gasteiger partial charge in [0.25, 0.3) is 0 Å². The van der Waals surface area contributed by atoms with Gasteiger partial charge in [-0.2, -0.15) is 0 Å². The van der Waals surface area contributed by atoms with Gasteiger partial charge < -0.3 is 0 Å². The van der Waals surface area contributed by atoms with E-state index in [1.165, 1.54) is 70.6 Å². The van der Waals surface area contributed by atoms with E-state index in [9.17, 15) is 0 Å². The van der Waals surface area contributed by atoms with Crippen LogP contribution in [0.3, 0.4) is 0 Å². The van der Waals surface area contributed by atoms with Crippen molar-refractivity contribution < 1.29 is 0 Å². The molecule has 0 nitrogen and oxygen atoms in total. The maximum atomic E-state index is 2.39. The van der Waals surface area contributed by atoms with Gasteiger partial charge in [0, 0.05) is 0 Å². The summed E-state index contributed by atoms with van der Waals surface area (Å²) in [5.41, 5.74) is 0. The number of unbranched alkanes of at least 4 members (excludes halogenated alkanes) is 9. The Balaban J connectivity index is 3.13. The fraction of sp³-hybridized carbons (Fsp3) is 0.700. The maximum Gasteiger partial charge on any atom is -0.0348 e. The largest absolute Gasteiger partial charge is 0.0885 e. The maximum absolute atomic E-state index is 2.39. The highest BCUT2D eigenvalue weighted by molar-refractivity contribution is 5.01. The third-order valence-electron chi connectivity index (χ3n) is 3.50. The van der Waals surface area contributed by atoms with Crippen molar-refractivity contribution in [3.63, 3.8) is 0 Å².